The van der Waals surface area contributed by atoms with Crippen LogP contribution >= 0.6 is 24.0 Å². The Hall–Kier alpha value is -3.24. The van der Waals surface area contributed by atoms with Crippen molar-refractivity contribution in [3.63, 3.8) is 0 Å². The molecule has 33 heavy (non-hydrogen) atoms. The van der Waals surface area contributed by atoms with E-state index in [1.165, 1.54) is 38.0 Å². The van der Waals surface area contributed by atoms with E-state index in [1.54, 1.807) is 49.6 Å². The zero-order valence-electron chi connectivity index (χ0n) is 18.7. The number of thiocarbonyl (C=S) groups is 1. The Morgan fingerprint density at radius 3 is 2.21 bits per heavy atom. The first-order chi connectivity index (χ1) is 15.9. The number of hydrogen-bond acceptors (Lipinski definition) is 8. The minimum absolute atomic E-state index is 0.107. The Labute approximate surface area is 201 Å². The largest absolute Gasteiger partial charge is 0.497 e. The van der Waals surface area contributed by atoms with Crippen LogP contribution in [0.15, 0.2) is 41.3 Å². The van der Waals surface area contributed by atoms with E-state index in [4.69, 9.17) is 31.2 Å². The molecule has 2 amide bonds. The van der Waals surface area contributed by atoms with Gasteiger partial charge in [0, 0.05) is 18.7 Å². The van der Waals surface area contributed by atoms with Crippen molar-refractivity contribution in [2.45, 2.75) is 6.42 Å². The number of ether oxygens (including phenoxy) is 4. The van der Waals surface area contributed by atoms with Crippen molar-refractivity contribution in [2.24, 2.45) is 0 Å². The Bertz CT molecular complexity index is 1060. The number of benzene rings is 2. The molecule has 10 heteroatoms. The van der Waals surface area contributed by atoms with Gasteiger partial charge in [-0.05, 0) is 48.0 Å². The van der Waals surface area contributed by atoms with Crippen molar-refractivity contribution >= 4 is 51.9 Å². The molecule has 0 saturated carbocycles. The first-order valence-corrected chi connectivity index (χ1v) is 11.1. The monoisotopic (exact) mass is 488 g/mol. The SMILES string of the molecule is COc1ccc(NC(=O)CCN2C(=O)C(=Cc3cc(OC)c(OC)c(OC)c3)SC2=S)cc1. The van der Waals surface area contributed by atoms with Crippen molar-refractivity contribution in [1.82, 2.24) is 4.90 Å². The highest BCUT2D eigenvalue weighted by Gasteiger charge is 2.32. The maximum atomic E-state index is 12.9. The molecule has 3 rings (SSSR count). The molecular formula is C23H24N2O6S2. The molecule has 2 aromatic rings. The molecule has 0 radical (unpaired) electrons. The minimum Gasteiger partial charge on any atom is -0.497 e. The summed E-state index contributed by atoms with van der Waals surface area (Å²) in [4.78, 5) is 27.1. The van der Waals surface area contributed by atoms with Gasteiger partial charge in [-0.15, -0.1) is 0 Å². The number of nitrogens with one attached hydrogen (secondary N) is 1. The third-order valence-electron chi connectivity index (χ3n) is 4.79. The van der Waals surface area contributed by atoms with E-state index in [2.05, 4.69) is 5.32 Å². The normalized spacial score (nSPS) is 14.4. The van der Waals surface area contributed by atoms with Gasteiger partial charge in [-0.2, -0.15) is 0 Å². The second kappa shape index (κ2) is 11.1. The Morgan fingerprint density at radius 2 is 1.67 bits per heavy atom. The Morgan fingerprint density at radius 1 is 1.03 bits per heavy atom. The lowest BCUT2D eigenvalue weighted by atomic mass is 10.1. The molecule has 1 aliphatic rings. The van der Waals surface area contributed by atoms with E-state index < -0.39 is 0 Å². The van der Waals surface area contributed by atoms with Crippen LogP contribution in [-0.2, 0) is 9.59 Å². The molecule has 1 fully saturated rings. The van der Waals surface area contributed by atoms with Gasteiger partial charge in [-0.3, -0.25) is 14.5 Å². The highest BCUT2D eigenvalue weighted by molar-refractivity contribution is 8.26. The maximum Gasteiger partial charge on any atom is 0.266 e. The van der Waals surface area contributed by atoms with Gasteiger partial charge in [0.1, 0.15) is 10.1 Å². The molecule has 0 spiro atoms. The number of amides is 2. The van der Waals surface area contributed by atoms with Gasteiger partial charge in [-0.25, -0.2) is 0 Å². The molecule has 1 aliphatic heterocycles. The number of methoxy groups -OCH3 is 4. The van der Waals surface area contributed by atoms with Gasteiger partial charge in [0.15, 0.2) is 11.5 Å². The summed E-state index contributed by atoms with van der Waals surface area (Å²) in [5, 5.41) is 2.80. The third kappa shape index (κ3) is 5.77. The van der Waals surface area contributed by atoms with Crippen LogP contribution in [0.25, 0.3) is 6.08 Å². The summed E-state index contributed by atoms with van der Waals surface area (Å²) in [5.41, 5.74) is 1.34. The highest BCUT2D eigenvalue weighted by atomic mass is 32.2. The molecule has 0 unspecified atom stereocenters. The molecule has 0 aromatic heterocycles. The number of carbonyl (C=O) groups excluding carboxylic acids is 2. The first kappa shape index (κ1) is 24.4. The van der Waals surface area contributed by atoms with Gasteiger partial charge in [-0.1, -0.05) is 24.0 Å². The van der Waals surface area contributed by atoms with Gasteiger partial charge in [0.2, 0.25) is 11.7 Å². The highest BCUT2D eigenvalue weighted by Crippen LogP contribution is 2.40. The van der Waals surface area contributed by atoms with Crippen LogP contribution in [0.4, 0.5) is 5.69 Å². The summed E-state index contributed by atoms with van der Waals surface area (Å²) in [5.74, 6) is 1.65. The number of carbonyl (C=O) groups is 2. The summed E-state index contributed by atoms with van der Waals surface area (Å²) < 4.78 is 21.6. The standard InChI is InChI=1S/C23H24N2O6S2/c1-28-16-7-5-15(6-8-16)24-20(26)9-10-25-22(27)19(33-23(25)32)13-14-11-17(29-2)21(31-4)18(12-14)30-3/h5-8,11-13H,9-10H2,1-4H3,(H,24,26). The molecule has 1 N–H and O–H groups in total. The summed E-state index contributed by atoms with van der Waals surface area (Å²) in [6, 6.07) is 10.5. The van der Waals surface area contributed by atoms with E-state index in [9.17, 15) is 9.59 Å². The average Bonchev–Trinajstić information content (AvgIpc) is 3.09. The summed E-state index contributed by atoms with van der Waals surface area (Å²) in [6.45, 7) is 0.180. The van der Waals surface area contributed by atoms with E-state index in [1.807, 2.05) is 0 Å². The van der Waals surface area contributed by atoms with Crippen molar-refractivity contribution in [2.75, 3.05) is 40.3 Å². The van der Waals surface area contributed by atoms with Gasteiger partial charge in [0.25, 0.3) is 5.91 Å². The van der Waals surface area contributed by atoms with Crippen LogP contribution in [0.3, 0.4) is 0 Å². The summed E-state index contributed by atoms with van der Waals surface area (Å²) >= 11 is 6.55. The quantitative estimate of drug-likeness (QED) is 0.420. The first-order valence-electron chi connectivity index (χ1n) is 9.89. The van der Waals surface area contributed by atoms with Crippen LogP contribution in [0.5, 0.6) is 23.0 Å². The van der Waals surface area contributed by atoms with E-state index in [-0.39, 0.29) is 24.8 Å². The fourth-order valence-electron chi connectivity index (χ4n) is 3.14. The molecule has 0 atom stereocenters. The zero-order valence-corrected chi connectivity index (χ0v) is 20.3. The molecule has 174 valence electrons. The lowest BCUT2D eigenvalue weighted by molar-refractivity contribution is -0.122. The topological polar surface area (TPSA) is 86.3 Å². The van der Waals surface area contributed by atoms with Crippen LogP contribution in [0.1, 0.15) is 12.0 Å². The van der Waals surface area contributed by atoms with Crippen molar-refractivity contribution in [1.29, 1.82) is 0 Å². The zero-order chi connectivity index (χ0) is 24.0. The lowest BCUT2D eigenvalue weighted by Crippen LogP contribution is -2.31. The number of anilines is 1. The fourth-order valence-corrected chi connectivity index (χ4v) is 4.45. The Balaban J connectivity index is 1.67. The predicted molar refractivity (Wildman–Crippen MR) is 132 cm³/mol. The third-order valence-corrected chi connectivity index (χ3v) is 6.17. The van der Waals surface area contributed by atoms with Crippen LogP contribution in [0, 0.1) is 0 Å². The van der Waals surface area contributed by atoms with Crippen LogP contribution in [0.2, 0.25) is 0 Å². The van der Waals surface area contributed by atoms with Crippen molar-refractivity contribution < 1.29 is 28.5 Å². The lowest BCUT2D eigenvalue weighted by Gasteiger charge is -2.14. The molecule has 1 saturated heterocycles. The number of hydrogen-bond donors (Lipinski definition) is 1. The van der Waals surface area contributed by atoms with E-state index >= 15 is 0 Å². The van der Waals surface area contributed by atoms with Crippen molar-refractivity contribution in [3.05, 3.63) is 46.9 Å². The second-order valence-electron chi connectivity index (χ2n) is 6.82. The number of thioether (sulfide) groups is 1. The Kier molecular flexibility index (Phi) is 8.18. The maximum absolute atomic E-state index is 12.9. The second-order valence-corrected chi connectivity index (χ2v) is 8.49. The predicted octanol–water partition coefficient (Wildman–Crippen LogP) is 3.95. The van der Waals surface area contributed by atoms with E-state index in [0.717, 1.165) is 0 Å². The van der Waals surface area contributed by atoms with Gasteiger partial charge >= 0.3 is 0 Å². The number of rotatable bonds is 9. The van der Waals surface area contributed by atoms with E-state index in [0.29, 0.717) is 43.5 Å². The smallest absolute Gasteiger partial charge is 0.266 e. The molecule has 2 aromatic carbocycles. The van der Waals surface area contributed by atoms with Crippen molar-refractivity contribution in [3.8, 4) is 23.0 Å². The fraction of sp³-hybridized carbons (Fsp3) is 0.261. The molecule has 1 heterocycles. The molecule has 0 bridgehead atoms. The molecular weight excluding hydrogens is 464 g/mol. The average molecular weight is 489 g/mol. The molecule has 8 nitrogen and oxygen atoms in total. The van der Waals surface area contributed by atoms with Crippen LogP contribution < -0.4 is 24.3 Å². The minimum atomic E-state index is -0.254. The summed E-state index contributed by atoms with van der Waals surface area (Å²) in [6.07, 6.45) is 1.82. The summed E-state index contributed by atoms with van der Waals surface area (Å²) in [7, 11) is 6.15. The van der Waals surface area contributed by atoms with Gasteiger partial charge in [0.05, 0.1) is 33.3 Å². The number of nitrogens with zero attached hydrogens (tertiary/aromatic N) is 1. The van der Waals surface area contributed by atoms with Gasteiger partial charge < -0.3 is 24.3 Å². The molecule has 0 aliphatic carbocycles. The van der Waals surface area contributed by atoms with Crippen LogP contribution in [-0.4, -0.2) is 56.0 Å².